The highest BCUT2D eigenvalue weighted by atomic mass is 127. The maximum atomic E-state index is 3.02. The fraction of sp³-hybridized carbons (Fsp3) is 0.714. The van der Waals surface area contributed by atoms with Crippen molar-refractivity contribution in [3.8, 4) is 9.85 Å². The van der Waals surface area contributed by atoms with Gasteiger partial charge in [-0.2, -0.15) is 0 Å². The van der Waals surface area contributed by atoms with Crippen LogP contribution in [-0.2, 0) is 0 Å². The van der Waals surface area contributed by atoms with Crippen molar-refractivity contribution in [1.29, 1.82) is 0 Å². The van der Waals surface area contributed by atoms with Crippen LogP contribution in [0, 0.1) is 9.85 Å². The van der Waals surface area contributed by atoms with Gasteiger partial charge in [0.15, 0.2) is 0 Å². The third kappa shape index (κ3) is 6.29. The van der Waals surface area contributed by atoms with E-state index in [9.17, 15) is 0 Å². The van der Waals surface area contributed by atoms with Crippen LogP contribution in [0.5, 0.6) is 0 Å². The first-order valence-corrected chi connectivity index (χ1v) is 4.08. The molecule has 0 radical (unpaired) electrons. The quantitative estimate of drug-likeness (QED) is 0.391. The molecule has 0 aromatic rings. The van der Waals surface area contributed by atoms with Crippen molar-refractivity contribution in [3.05, 3.63) is 0 Å². The van der Waals surface area contributed by atoms with Gasteiger partial charge < -0.3 is 0 Å². The fourth-order valence-corrected chi connectivity index (χ4v) is 0.780. The van der Waals surface area contributed by atoms with Gasteiger partial charge in [-0.1, -0.05) is 25.7 Å². The highest BCUT2D eigenvalue weighted by Gasteiger charge is 1.78. The Morgan fingerprint density at radius 3 is 2.62 bits per heavy atom. The summed E-state index contributed by atoms with van der Waals surface area (Å²) in [6, 6.07) is 0. The molecule has 0 bridgehead atoms. The molecule has 0 amide bonds. The average molecular weight is 222 g/mol. The standard InChI is InChI=1S/C7H11I/c1-2-3-4-5-6-7-8/h2-5H2,1H3. The van der Waals surface area contributed by atoms with Crippen molar-refractivity contribution in [2.24, 2.45) is 0 Å². The summed E-state index contributed by atoms with van der Waals surface area (Å²) in [5.41, 5.74) is 0. The minimum absolute atomic E-state index is 1.08. The van der Waals surface area contributed by atoms with E-state index in [0.717, 1.165) is 6.42 Å². The topological polar surface area (TPSA) is 0 Å². The lowest BCUT2D eigenvalue weighted by molar-refractivity contribution is 0.737. The molecule has 0 aliphatic heterocycles. The summed E-state index contributed by atoms with van der Waals surface area (Å²) in [7, 11) is 0. The Hall–Kier alpha value is 0.290. The van der Waals surface area contributed by atoms with Gasteiger partial charge in [-0.15, -0.1) is 0 Å². The van der Waals surface area contributed by atoms with Gasteiger partial charge >= 0.3 is 0 Å². The van der Waals surface area contributed by atoms with Crippen molar-refractivity contribution in [1.82, 2.24) is 0 Å². The normalized spacial score (nSPS) is 7.75. The molecule has 0 N–H and O–H groups in total. The molecular weight excluding hydrogens is 211 g/mol. The number of hydrogen-bond donors (Lipinski definition) is 0. The lowest BCUT2D eigenvalue weighted by Crippen LogP contribution is -1.69. The van der Waals surface area contributed by atoms with Crippen molar-refractivity contribution < 1.29 is 0 Å². The van der Waals surface area contributed by atoms with E-state index >= 15 is 0 Å². The predicted octanol–water partition coefficient (Wildman–Crippen LogP) is 2.96. The second-order valence-corrected chi connectivity index (χ2v) is 2.27. The molecule has 0 aliphatic rings. The summed E-state index contributed by atoms with van der Waals surface area (Å²) in [6.45, 7) is 2.21. The van der Waals surface area contributed by atoms with E-state index in [1.807, 2.05) is 0 Å². The second kappa shape index (κ2) is 7.29. The van der Waals surface area contributed by atoms with Gasteiger partial charge in [0.25, 0.3) is 0 Å². The van der Waals surface area contributed by atoms with Gasteiger partial charge in [0.2, 0.25) is 0 Å². The Balaban J connectivity index is 2.79. The summed E-state index contributed by atoms with van der Waals surface area (Å²) < 4.78 is 2.85. The smallest absolute Gasteiger partial charge is 0.0181 e. The monoisotopic (exact) mass is 222 g/mol. The number of unbranched alkanes of at least 4 members (excludes halogenated alkanes) is 3. The van der Waals surface area contributed by atoms with E-state index < -0.39 is 0 Å². The van der Waals surface area contributed by atoms with E-state index in [2.05, 4.69) is 39.4 Å². The molecule has 8 heavy (non-hydrogen) atoms. The molecule has 0 heterocycles. The van der Waals surface area contributed by atoms with Crippen LogP contribution in [-0.4, -0.2) is 0 Å². The first kappa shape index (κ1) is 8.29. The maximum absolute atomic E-state index is 3.02. The molecule has 0 atom stereocenters. The zero-order chi connectivity index (χ0) is 6.24. The van der Waals surface area contributed by atoms with Gasteiger partial charge in [0.05, 0.1) is 0 Å². The number of rotatable bonds is 3. The van der Waals surface area contributed by atoms with Gasteiger partial charge in [-0.3, -0.25) is 0 Å². The van der Waals surface area contributed by atoms with Crippen molar-refractivity contribution >= 4 is 22.6 Å². The molecule has 0 saturated heterocycles. The summed E-state index contributed by atoms with van der Waals surface area (Å²) in [6.07, 6.45) is 4.97. The lowest BCUT2D eigenvalue weighted by atomic mass is 10.2. The van der Waals surface area contributed by atoms with Crippen LogP contribution >= 0.6 is 22.6 Å². The summed E-state index contributed by atoms with van der Waals surface area (Å²) in [4.78, 5) is 0. The van der Waals surface area contributed by atoms with Crippen LogP contribution in [0.25, 0.3) is 0 Å². The first-order chi connectivity index (χ1) is 3.91. The van der Waals surface area contributed by atoms with Crippen LogP contribution in [0.3, 0.4) is 0 Å². The molecule has 46 valence electrons. The molecular formula is C7H11I. The maximum Gasteiger partial charge on any atom is 0.0181 e. The molecule has 0 rings (SSSR count). The van der Waals surface area contributed by atoms with E-state index in [1.165, 1.54) is 19.3 Å². The second-order valence-electron chi connectivity index (χ2n) is 1.73. The van der Waals surface area contributed by atoms with Crippen LogP contribution in [0.4, 0.5) is 0 Å². The Morgan fingerprint density at radius 1 is 1.38 bits per heavy atom. The molecule has 0 aromatic carbocycles. The highest BCUT2D eigenvalue weighted by Crippen LogP contribution is 1.96. The van der Waals surface area contributed by atoms with E-state index in [-0.39, 0.29) is 0 Å². The van der Waals surface area contributed by atoms with Gasteiger partial charge in [-0.25, -0.2) is 0 Å². The first-order valence-electron chi connectivity index (χ1n) is 3.00. The minimum atomic E-state index is 1.08. The molecule has 0 aromatic heterocycles. The summed E-state index contributed by atoms with van der Waals surface area (Å²) in [5, 5.41) is 0. The van der Waals surface area contributed by atoms with Crippen LogP contribution in [0.1, 0.15) is 32.6 Å². The number of hydrogen-bond acceptors (Lipinski definition) is 0. The summed E-state index contributed by atoms with van der Waals surface area (Å²) >= 11 is 2.08. The third-order valence-electron chi connectivity index (χ3n) is 0.972. The molecule has 0 fully saturated rings. The Morgan fingerprint density at radius 2 is 2.12 bits per heavy atom. The van der Waals surface area contributed by atoms with Crippen LogP contribution < -0.4 is 0 Å². The van der Waals surface area contributed by atoms with E-state index in [4.69, 9.17) is 0 Å². The molecule has 1 heteroatoms. The minimum Gasteiger partial charge on any atom is -0.0919 e. The van der Waals surface area contributed by atoms with Crippen LogP contribution in [0.2, 0.25) is 0 Å². The number of halogens is 1. The lowest BCUT2D eigenvalue weighted by Gasteiger charge is -1.86. The largest absolute Gasteiger partial charge is 0.0919 e. The van der Waals surface area contributed by atoms with Gasteiger partial charge in [-0.05, 0) is 10.3 Å². The van der Waals surface area contributed by atoms with E-state index in [0.29, 0.717) is 0 Å². The highest BCUT2D eigenvalue weighted by molar-refractivity contribution is 14.1. The molecule has 0 saturated carbocycles. The average Bonchev–Trinajstić information content (AvgIpc) is 1.81. The Kier molecular flexibility index (Phi) is 7.55. The molecule has 0 unspecified atom stereocenters. The van der Waals surface area contributed by atoms with Gasteiger partial charge in [0.1, 0.15) is 0 Å². The SMILES string of the molecule is CCCCCC#CI. The van der Waals surface area contributed by atoms with Crippen molar-refractivity contribution in [2.45, 2.75) is 32.6 Å². The summed E-state index contributed by atoms with van der Waals surface area (Å²) in [5.74, 6) is 3.02. The van der Waals surface area contributed by atoms with Crippen molar-refractivity contribution in [2.75, 3.05) is 0 Å². The van der Waals surface area contributed by atoms with Crippen LogP contribution in [0.15, 0.2) is 0 Å². The molecule has 0 nitrogen and oxygen atoms in total. The third-order valence-corrected chi connectivity index (χ3v) is 1.35. The predicted molar refractivity (Wildman–Crippen MR) is 45.9 cm³/mol. The molecule has 0 spiro atoms. The van der Waals surface area contributed by atoms with Gasteiger partial charge in [0, 0.05) is 29.0 Å². The zero-order valence-corrected chi connectivity index (χ0v) is 7.36. The van der Waals surface area contributed by atoms with Crippen molar-refractivity contribution in [3.63, 3.8) is 0 Å². The zero-order valence-electron chi connectivity index (χ0n) is 5.21. The van der Waals surface area contributed by atoms with E-state index in [1.54, 1.807) is 0 Å². The molecule has 0 aliphatic carbocycles. The Labute approximate surface area is 65.2 Å². The Bertz CT molecular complexity index is 86.3. The fourth-order valence-electron chi connectivity index (χ4n) is 0.511.